The Bertz CT molecular complexity index is 498. The number of guanidine groups is 1. The fourth-order valence-corrected chi connectivity index (χ4v) is 2.32. The molecule has 144 valence electrons. The van der Waals surface area contributed by atoms with Gasteiger partial charge in [0.1, 0.15) is 17.7 Å². The molecule has 1 aromatic carbocycles. The van der Waals surface area contributed by atoms with Crippen LogP contribution in [0.2, 0.25) is 0 Å². The third kappa shape index (κ3) is 10.5. The van der Waals surface area contributed by atoms with Gasteiger partial charge in [0, 0.05) is 19.7 Å². The maximum atomic E-state index is 13.1. The normalized spacial score (nSPS) is 12.5. The van der Waals surface area contributed by atoms with Crippen molar-refractivity contribution in [2.75, 3.05) is 39.8 Å². The number of aliphatic imine (C=N–C) groups is 1. The van der Waals surface area contributed by atoms with Crippen LogP contribution >= 0.6 is 24.0 Å². The van der Waals surface area contributed by atoms with Gasteiger partial charge in [-0.1, -0.05) is 19.9 Å². The van der Waals surface area contributed by atoms with Gasteiger partial charge in [-0.2, -0.15) is 0 Å². The summed E-state index contributed by atoms with van der Waals surface area (Å²) in [5.74, 6) is 0.994. The molecule has 0 bridgehead atoms. The molecule has 0 radical (unpaired) electrons. The predicted molar refractivity (Wildman–Crippen MR) is 114 cm³/mol. The molecule has 25 heavy (non-hydrogen) atoms. The second-order valence-corrected chi connectivity index (χ2v) is 5.65. The number of ether oxygens (including phenoxy) is 1. The molecule has 0 aromatic heterocycles. The van der Waals surface area contributed by atoms with E-state index in [0.717, 1.165) is 38.6 Å². The van der Waals surface area contributed by atoms with Gasteiger partial charge in [0.2, 0.25) is 0 Å². The smallest absolute Gasteiger partial charge is 0.191 e. The van der Waals surface area contributed by atoms with Crippen molar-refractivity contribution < 1.29 is 9.13 Å². The van der Waals surface area contributed by atoms with Gasteiger partial charge >= 0.3 is 0 Å². The van der Waals surface area contributed by atoms with E-state index in [1.165, 1.54) is 12.1 Å². The van der Waals surface area contributed by atoms with Crippen LogP contribution in [0.3, 0.4) is 0 Å². The molecule has 0 fully saturated rings. The van der Waals surface area contributed by atoms with E-state index in [0.29, 0.717) is 12.3 Å². The number of benzene rings is 1. The van der Waals surface area contributed by atoms with Gasteiger partial charge in [0.15, 0.2) is 5.96 Å². The monoisotopic (exact) mass is 466 g/mol. The molecule has 0 aliphatic heterocycles. The van der Waals surface area contributed by atoms with E-state index in [9.17, 15) is 4.39 Å². The first kappa shape index (κ1) is 23.9. The molecule has 2 N–H and O–H groups in total. The summed E-state index contributed by atoms with van der Waals surface area (Å²) in [6.07, 6.45) is 0.971. The first-order valence-corrected chi connectivity index (χ1v) is 8.68. The Morgan fingerprint density at radius 3 is 2.60 bits per heavy atom. The fourth-order valence-electron chi connectivity index (χ4n) is 2.32. The molecule has 0 amide bonds. The van der Waals surface area contributed by atoms with Crippen LogP contribution in [0.5, 0.6) is 5.75 Å². The average Bonchev–Trinajstić information content (AvgIpc) is 2.57. The van der Waals surface area contributed by atoms with Crippen molar-refractivity contribution in [3.8, 4) is 5.75 Å². The third-order valence-electron chi connectivity index (χ3n) is 3.75. The highest BCUT2D eigenvalue weighted by Gasteiger charge is 2.06. The van der Waals surface area contributed by atoms with Crippen molar-refractivity contribution >= 4 is 29.9 Å². The Kier molecular flexibility index (Phi) is 13.5. The van der Waals surface area contributed by atoms with Crippen LogP contribution in [0, 0.1) is 5.82 Å². The molecule has 0 heterocycles. The van der Waals surface area contributed by atoms with Gasteiger partial charge in [0.05, 0.1) is 6.54 Å². The van der Waals surface area contributed by atoms with Crippen molar-refractivity contribution in [2.24, 2.45) is 4.99 Å². The minimum Gasteiger partial charge on any atom is -0.489 e. The van der Waals surface area contributed by atoms with E-state index in [1.807, 2.05) is 6.92 Å². The largest absolute Gasteiger partial charge is 0.489 e. The summed E-state index contributed by atoms with van der Waals surface area (Å²) >= 11 is 0. The second-order valence-electron chi connectivity index (χ2n) is 5.65. The maximum absolute atomic E-state index is 13.1. The molecule has 0 spiro atoms. The van der Waals surface area contributed by atoms with Gasteiger partial charge in [-0.15, -0.1) is 24.0 Å². The van der Waals surface area contributed by atoms with Crippen LogP contribution in [0.15, 0.2) is 29.3 Å². The Morgan fingerprint density at radius 1 is 1.28 bits per heavy atom. The molecular weight excluding hydrogens is 434 g/mol. The summed E-state index contributed by atoms with van der Waals surface area (Å²) in [5.41, 5.74) is 0. The third-order valence-corrected chi connectivity index (χ3v) is 3.75. The quantitative estimate of drug-likeness (QED) is 0.241. The lowest BCUT2D eigenvalue weighted by atomic mass is 10.3. The lowest BCUT2D eigenvalue weighted by Gasteiger charge is -2.19. The molecule has 1 rings (SSSR count). The average molecular weight is 466 g/mol. The van der Waals surface area contributed by atoms with Gasteiger partial charge in [0.25, 0.3) is 0 Å². The van der Waals surface area contributed by atoms with Crippen molar-refractivity contribution in [1.82, 2.24) is 15.5 Å². The van der Waals surface area contributed by atoms with E-state index >= 15 is 0 Å². The molecule has 0 saturated carbocycles. The summed E-state index contributed by atoms with van der Waals surface area (Å²) in [4.78, 5) is 6.60. The molecule has 0 saturated heterocycles. The Hall–Kier alpha value is -1.09. The Labute approximate surface area is 168 Å². The molecule has 0 aliphatic carbocycles. The highest BCUT2D eigenvalue weighted by Crippen LogP contribution is 2.13. The van der Waals surface area contributed by atoms with E-state index in [2.05, 4.69) is 34.4 Å². The molecular formula is C18H32FIN4O. The lowest BCUT2D eigenvalue weighted by molar-refractivity contribution is 0.223. The SMILES string of the molecule is CCN(CC)CCCNC(=NC)NCC(C)Oc1cccc(F)c1.I. The number of halogens is 2. The van der Waals surface area contributed by atoms with Crippen LogP contribution in [0.25, 0.3) is 0 Å². The van der Waals surface area contributed by atoms with Crippen molar-refractivity contribution in [3.63, 3.8) is 0 Å². The summed E-state index contributed by atoms with van der Waals surface area (Å²) in [6.45, 7) is 11.0. The molecule has 1 atom stereocenters. The summed E-state index contributed by atoms with van der Waals surface area (Å²) in [5, 5.41) is 6.52. The molecule has 1 aromatic rings. The van der Waals surface area contributed by atoms with Crippen LogP contribution in [-0.4, -0.2) is 56.7 Å². The van der Waals surface area contributed by atoms with Gasteiger partial charge in [-0.05, 0) is 45.1 Å². The zero-order valence-corrected chi connectivity index (χ0v) is 18.0. The predicted octanol–water partition coefficient (Wildman–Crippen LogP) is 3.11. The summed E-state index contributed by atoms with van der Waals surface area (Å²) in [6, 6.07) is 6.18. The Morgan fingerprint density at radius 2 is 2.00 bits per heavy atom. The van der Waals surface area contributed by atoms with Crippen LogP contribution in [0.4, 0.5) is 4.39 Å². The van der Waals surface area contributed by atoms with Gasteiger partial charge in [-0.3, -0.25) is 4.99 Å². The van der Waals surface area contributed by atoms with Crippen molar-refractivity contribution in [2.45, 2.75) is 33.3 Å². The molecule has 7 heteroatoms. The topological polar surface area (TPSA) is 48.9 Å². The summed E-state index contributed by atoms with van der Waals surface area (Å²) < 4.78 is 18.8. The first-order valence-electron chi connectivity index (χ1n) is 8.68. The molecule has 5 nitrogen and oxygen atoms in total. The molecule has 1 unspecified atom stereocenters. The van der Waals surface area contributed by atoms with Crippen LogP contribution in [0.1, 0.15) is 27.2 Å². The highest BCUT2D eigenvalue weighted by molar-refractivity contribution is 14.0. The van der Waals surface area contributed by atoms with E-state index < -0.39 is 0 Å². The first-order chi connectivity index (χ1) is 11.6. The fraction of sp³-hybridized carbons (Fsp3) is 0.611. The standard InChI is InChI=1S/C18H31FN4O.HI/c1-5-23(6-2)12-8-11-21-18(20-4)22-14-15(3)24-17-10-7-9-16(19)13-17;/h7,9-10,13,15H,5-6,8,11-12,14H2,1-4H3,(H2,20,21,22);1H. The number of hydrogen-bond donors (Lipinski definition) is 2. The van der Waals surface area contributed by atoms with E-state index in [-0.39, 0.29) is 35.9 Å². The minimum atomic E-state index is -0.293. The zero-order chi connectivity index (χ0) is 17.8. The van der Waals surface area contributed by atoms with E-state index in [1.54, 1.807) is 19.2 Å². The van der Waals surface area contributed by atoms with Crippen LogP contribution in [-0.2, 0) is 0 Å². The number of rotatable bonds is 10. The van der Waals surface area contributed by atoms with Crippen molar-refractivity contribution in [3.05, 3.63) is 30.1 Å². The number of nitrogens with one attached hydrogen (secondary N) is 2. The van der Waals surface area contributed by atoms with E-state index in [4.69, 9.17) is 4.74 Å². The van der Waals surface area contributed by atoms with Gasteiger partial charge < -0.3 is 20.3 Å². The lowest BCUT2D eigenvalue weighted by Crippen LogP contribution is -2.42. The van der Waals surface area contributed by atoms with Gasteiger partial charge in [-0.25, -0.2) is 4.39 Å². The minimum absolute atomic E-state index is 0. The zero-order valence-electron chi connectivity index (χ0n) is 15.7. The number of hydrogen-bond acceptors (Lipinski definition) is 3. The second kappa shape index (κ2) is 14.1. The van der Waals surface area contributed by atoms with Crippen molar-refractivity contribution in [1.29, 1.82) is 0 Å². The maximum Gasteiger partial charge on any atom is 0.191 e. The highest BCUT2D eigenvalue weighted by atomic mass is 127. The Balaban J connectivity index is 0.00000576. The summed E-state index contributed by atoms with van der Waals surface area (Å²) in [7, 11) is 1.75. The molecule has 0 aliphatic rings. The number of nitrogens with zero attached hydrogens (tertiary/aromatic N) is 2. The van der Waals surface area contributed by atoms with Crippen LogP contribution < -0.4 is 15.4 Å².